The number of nitrogens with one attached hydrogen (secondary N) is 1. The van der Waals surface area contributed by atoms with Gasteiger partial charge in [0.2, 0.25) is 5.91 Å². The van der Waals surface area contributed by atoms with Crippen LogP contribution in [-0.4, -0.2) is 42.8 Å². The molecule has 1 atom stereocenters. The van der Waals surface area contributed by atoms with Crippen LogP contribution in [0.1, 0.15) is 6.42 Å². The molecule has 0 bridgehead atoms. The lowest BCUT2D eigenvalue weighted by atomic mass is 10.0. The summed E-state index contributed by atoms with van der Waals surface area (Å²) in [5.74, 6) is -0.0382. The number of carbonyl (C=O) groups excluding carboxylic acids is 1. The quantitative estimate of drug-likeness (QED) is 0.567. The summed E-state index contributed by atoms with van der Waals surface area (Å²) >= 11 is 0. The van der Waals surface area contributed by atoms with E-state index in [1.165, 1.54) is 6.08 Å². The number of hydrogen-bond acceptors (Lipinski definition) is 3. The third kappa shape index (κ3) is 1.47. The van der Waals surface area contributed by atoms with Gasteiger partial charge >= 0.3 is 0 Å². The maximum Gasteiger partial charge on any atom is 0.247 e. The van der Waals surface area contributed by atoms with Gasteiger partial charge in [-0.15, -0.1) is 0 Å². The van der Waals surface area contributed by atoms with Crippen LogP contribution in [0, 0.1) is 0 Å². The van der Waals surface area contributed by atoms with Crippen LogP contribution in [0.25, 0.3) is 0 Å². The molecule has 72 valence electrons. The summed E-state index contributed by atoms with van der Waals surface area (Å²) in [5, 5.41) is 3.24. The molecule has 1 unspecified atom stereocenters. The zero-order valence-corrected chi connectivity index (χ0v) is 7.58. The van der Waals surface area contributed by atoms with Crippen LogP contribution in [-0.2, 0) is 9.53 Å². The first-order chi connectivity index (χ1) is 6.26. The fraction of sp³-hybridized carbons (Fsp3) is 0.667. The molecule has 4 nitrogen and oxygen atoms in total. The molecule has 1 N–H and O–H groups in total. The zero-order valence-electron chi connectivity index (χ0n) is 7.58. The maximum absolute atomic E-state index is 11.3. The van der Waals surface area contributed by atoms with E-state index in [0.29, 0.717) is 13.3 Å². The van der Waals surface area contributed by atoms with Gasteiger partial charge in [-0.1, -0.05) is 6.58 Å². The van der Waals surface area contributed by atoms with Crippen molar-refractivity contribution in [3.8, 4) is 0 Å². The molecule has 1 amide bonds. The van der Waals surface area contributed by atoms with E-state index in [4.69, 9.17) is 4.74 Å². The Kier molecular flexibility index (Phi) is 2.09. The predicted molar refractivity (Wildman–Crippen MR) is 48.1 cm³/mol. The van der Waals surface area contributed by atoms with Crippen molar-refractivity contribution >= 4 is 5.91 Å². The summed E-state index contributed by atoms with van der Waals surface area (Å²) in [5.41, 5.74) is -0.112. The molecule has 4 heteroatoms. The first-order valence-corrected chi connectivity index (χ1v) is 4.52. The summed E-state index contributed by atoms with van der Waals surface area (Å²) in [4.78, 5) is 13.0. The number of amides is 1. The van der Waals surface area contributed by atoms with E-state index in [2.05, 4.69) is 11.9 Å². The van der Waals surface area contributed by atoms with Gasteiger partial charge in [0.25, 0.3) is 0 Å². The van der Waals surface area contributed by atoms with Crippen molar-refractivity contribution in [2.45, 2.75) is 12.0 Å². The largest absolute Gasteiger partial charge is 0.351 e. The number of ether oxygens (including phenoxy) is 1. The highest BCUT2D eigenvalue weighted by Crippen LogP contribution is 2.26. The molecule has 0 aromatic heterocycles. The van der Waals surface area contributed by atoms with Gasteiger partial charge in [0.1, 0.15) is 12.3 Å². The van der Waals surface area contributed by atoms with Crippen LogP contribution < -0.4 is 5.32 Å². The zero-order chi connectivity index (χ0) is 9.31. The van der Waals surface area contributed by atoms with Crippen molar-refractivity contribution in [3.63, 3.8) is 0 Å². The highest BCUT2D eigenvalue weighted by Gasteiger charge is 2.42. The van der Waals surface area contributed by atoms with E-state index in [9.17, 15) is 4.79 Å². The van der Waals surface area contributed by atoms with Crippen LogP contribution in [0.5, 0.6) is 0 Å². The van der Waals surface area contributed by atoms with Crippen LogP contribution in [0.4, 0.5) is 0 Å². The Bertz CT molecular complexity index is 234. The lowest BCUT2D eigenvalue weighted by molar-refractivity contribution is -0.126. The van der Waals surface area contributed by atoms with Gasteiger partial charge in [-0.25, -0.2) is 0 Å². The average molecular weight is 182 g/mol. The Morgan fingerprint density at radius 2 is 2.54 bits per heavy atom. The van der Waals surface area contributed by atoms with Crippen molar-refractivity contribution in [2.24, 2.45) is 0 Å². The number of nitrogens with zero attached hydrogens (tertiary/aromatic N) is 1. The van der Waals surface area contributed by atoms with Gasteiger partial charge in [0, 0.05) is 6.54 Å². The minimum absolute atomic E-state index is 0.0382. The molecular formula is C9H14N2O2. The van der Waals surface area contributed by atoms with E-state index >= 15 is 0 Å². The van der Waals surface area contributed by atoms with Gasteiger partial charge < -0.3 is 15.0 Å². The van der Waals surface area contributed by atoms with E-state index in [1.54, 1.807) is 4.90 Å². The SMILES string of the molecule is C=CC(=O)N1COC2(CCNC2)C1. The first kappa shape index (κ1) is 8.72. The summed E-state index contributed by atoms with van der Waals surface area (Å²) in [6.07, 6.45) is 2.33. The van der Waals surface area contributed by atoms with Crippen LogP contribution >= 0.6 is 0 Å². The molecule has 0 saturated carbocycles. The van der Waals surface area contributed by atoms with Crippen LogP contribution in [0.15, 0.2) is 12.7 Å². The van der Waals surface area contributed by atoms with E-state index in [-0.39, 0.29) is 11.5 Å². The number of hydrogen-bond donors (Lipinski definition) is 1. The number of carbonyl (C=O) groups is 1. The van der Waals surface area contributed by atoms with Crippen molar-refractivity contribution in [1.82, 2.24) is 10.2 Å². The minimum atomic E-state index is -0.112. The Labute approximate surface area is 77.5 Å². The molecule has 2 rings (SSSR count). The first-order valence-electron chi connectivity index (χ1n) is 4.52. The van der Waals surface area contributed by atoms with Gasteiger partial charge in [0.05, 0.1) is 6.54 Å². The molecular weight excluding hydrogens is 168 g/mol. The fourth-order valence-corrected chi connectivity index (χ4v) is 1.90. The fourth-order valence-electron chi connectivity index (χ4n) is 1.90. The van der Waals surface area contributed by atoms with Crippen molar-refractivity contribution in [1.29, 1.82) is 0 Å². The molecule has 0 radical (unpaired) electrons. The highest BCUT2D eigenvalue weighted by atomic mass is 16.5. The second-order valence-electron chi connectivity index (χ2n) is 3.62. The molecule has 2 saturated heterocycles. The monoisotopic (exact) mass is 182 g/mol. The normalized spacial score (nSPS) is 32.8. The molecule has 2 heterocycles. The van der Waals surface area contributed by atoms with Gasteiger partial charge in [-0.3, -0.25) is 4.79 Å². The molecule has 0 aromatic rings. The molecule has 0 aliphatic carbocycles. The van der Waals surface area contributed by atoms with E-state index in [0.717, 1.165) is 19.5 Å². The topological polar surface area (TPSA) is 41.6 Å². The minimum Gasteiger partial charge on any atom is -0.351 e. The van der Waals surface area contributed by atoms with E-state index < -0.39 is 0 Å². The second-order valence-corrected chi connectivity index (χ2v) is 3.62. The Morgan fingerprint density at radius 3 is 3.15 bits per heavy atom. The molecule has 2 aliphatic heterocycles. The summed E-state index contributed by atoms with van der Waals surface area (Å²) in [6, 6.07) is 0. The summed E-state index contributed by atoms with van der Waals surface area (Å²) in [7, 11) is 0. The van der Waals surface area contributed by atoms with Gasteiger partial charge in [-0.2, -0.15) is 0 Å². The Hall–Kier alpha value is -0.870. The molecule has 2 aliphatic rings. The lowest BCUT2D eigenvalue weighted by Crippen LogP contribution is -2.37. The third-order valence-electron chi connectivity index (χ3n) is 2.70. The van der Waals surface area contributed by atoms with Crippen molar-refractivity contribution < 1.29 is 9.53 Å². The maximum atomic E-state index is 11.3. The van der Waals surface area contributed by atoms with Gasteiger partial charge in [0.15, 0.2) is 0 Å². The van der Waals surface area contributed by atoms with Gasteiger partial charge in [-0.05, 0) is 19.0 Å². The summed E-state index contributed by atoms with van der Waals surface area (Å²) < 4.78 is 5.63. The second kappa shape index (κ2) is 3.12. The van der Waals surface area contributed by atoms with Crippen molar-refractivity contribution in [3.05, 3.63) is 12.7 Å². The molecule has 1 spiro atoms. The van der Waals surface area contributed by atoms with Crippen molar-refractivity contribution in [2.75, 3.05) is 26.4 Å². The molecule has 2 fully saturated rings. The third-order valence-corrected chi connectivity index (χ3v) is 2.70. The smallest absolute Gasteiger partial charge is 0.247 e. The molecule has 0 aromatic carbocycles. The summed E-state index contributed by atoms with van der Waals surface area (Å²) in [6.45, 7) is 6.40. The Morgan fingerprint density at radius 1 is 1.69 bits per heavy atom. The standard InChI is InChI=1S/C9H14N2O2/c1-2-8(12)11-6-9(13-7-11)3-4-10-5-9/h2,10H,1,3-7H2. The highest BCUT2D eigenvalue weighted by molar-refractivity contribution is 5.87. The predicted octanol–water partition coefficient (Wildman–Crippen LogP) is -0.279. The van der Waals surface area contributed by atoms with Crippen LogP contribution in [0.3, 0.4) is 0 Å². The average Bonchev–Trinajstić information content (AvgIpc) is 2.76. The Balaban J connectivity index is 2.00. The number of rotatable bonds is 1. The lowest BCUT2D eigenvalue weighted by Gasteiger charge is -2.19. The van der Waals surface area contributed by atoms with E-state index in [1.807, 2.05) is 0 Å². The molecule has 13 heavy (non-hydrogen) atoms. The van der Waals surface area contributed by atoms with Crippen LogP contribution in [0.2, 0.25) is 0 Å².